The highest BCUT2D eigenvalue weighted by Crippen LogP contribution is 2.34. The van der Waals surface area contributed by atoms with E-state index < -0.39 is 0 Å². The van der Waals surface area contributed by atoms with E-state index in [0.717, 1.165) is 23.4 Å². The Morgan fingerprint density at radius 1 is 0.963 bits per heavy atom. The number of nitrogens with one attached hydrogen (secondary N) is 2. The molecule has 27 heavy (non-hydrogen) atoms. The van der Waals surface area contributed by atoms with Crippen LogP contribution < -0.4 is 24.8 Å². The van der Waals surface area contributed by atoms with Gasteiger partial charge in [0, 0.05) is 35.3 Å². The molecule has 1 amide bonds. The van der Waals surface area contributed by atoms with Crippen molar-refractivity contribution in [2.45, 2.75) is 19.4 Å². The molecule has 2 N–H and O–H groups in total. The number of carbonyl (C=O) groups is 1. The lowest BCUT2D eigenvalue weighted by Gasteiger charge is -2.14. The summed E-state index contributed by atoms with van der Waals surface area (Å²) >= 11 is 5.83. The van der Waals surface area contributed by atoms with E-state index in [4.69, 9.17) is 25.8 Å². The molecule has 0 unspecified atom stereocenters. The fourth-order valence-corrected chi connectivity index (χ4v) is 2.71. The van der Waals surface area contributed by atoms with Gasteiger partial charge in [0.1, 0.15) is 5.75 Å². The third kappa shape index (κ3) is 6.34. The zero-order valence-corrected chi connectivity index (χ0v) is 16.6. The van der Waals surface area contributed by atoms with E-state index >= 15 is 0 Å². The topological polar surface area (TPSA) is 68.8 Å². The van der Waals surface area contributed by atoms with Crippen LogP contribution in [0, 0.1) is 0 Å². The second-order valence-electron chi connectivity index (χ2n) is 5.85. The molecule has 0 aliphatic rings. The Kier molecular flexibility index (Phi) is 8.23. The lowest BCUT2D eigenvalue weighted by atomic mass is 10.1. The van der Waals surface area contributed by atoms with Crippen molar-refractivity contribution in [1.82, 2.24) is 5.32 Å². The maximum Gasteiger partial charge on any atom is 0.224 e. The van der Waals surface area contributed by atoms with Crippen LogP contribution in [0.2, 0.25) is 5.02 Å². The Bertz CT molecular complexity index is 750. The average Bonchev–Trinajstić information content (AvgIpc) is 2.68. The van der Waals surface area contributed by atoms with Gasteiger partial charge in [-0.25, -0.2) is 0 Å². The van der Waals surface area contributed by atoms with Crippen LogP contribution in [0.25, 0.3) is 0 Å². The predicted octanol–water partition coefficient (Wildman–Crippen LogP) is 3.87. The first-order valence-corrected chi connectivity index (χ1v) is 9.00. The number of halogens is 1. The van der Waals surface area contributed by atoms with Gasteiger partial charge in [-0.1, -0.05) is 11.6 Å². The van der Waals surface area contributed by atoms with Gasteiger partial charge < -0.3 is 24.8 Å². The van der Waals surface area contributed by atoms with Gasteiger partial charge >= 0.3 is 0 Å². The van der Waals surface area contributed by atoms with Crippen molar-refractivity contribution in [1.29, 1.82) is 0 Å². The molecule has 0 aliphatic heterocycles. The first-order valence-electron chi connectivity index (χ1n) is 8.62. The van der Waals surface area contributed by atoms with E-state index in [1.807, 2.05) is 6.07 Å². The van der Waals surface area contributed by atoms with Gasteiger partial charge in [0.05, 0.1) is 21.3 Å². The molecule has 0 saturated carbocycles. The van der Waals surface area contributed by atoms with Gasteiger partial charge in [0.2, 0.25) is 5.91 Å². The summed E-state index contributed by atoms with van der Waals surface area (Å²) in [5.74, 6) is 1.97. The highest BCUT2D eigenvalue weighted by Gasteiger charge is 2.11. The van der Waals surface area contributed by atoms with E-state index in [-0.39, 0.29) is 5.91 Å². The third-order valence-corrected chi connectivity index (χ3v) is 4.24. The van der Waals surface area contributed by atoms with Crippen molar-refractivity contribution in [3.63, 3.8) is 0 Å². The smallest absolute Gasteiger partial charge is 0.224 e. The standard InChI is InChI=1S/C20H25ClN2O4/c1-25-17-12-19(27-3)18(26-2)11-14(17)13-22-10-4-5-20(24)23-16-8-6-15(21)7-9-16/h6-9,11-12,22H,4-5,10,13H2,1-3H3,(H,23,24). The number of benzene rings is 2. The normalized spacial score (nSPS) is 10.4. The number of methoxy groups -OCH3 is 3. The van der Waals surface area contributed by atoms with Crippen LogP contribution in [0.3, 0.4) is 0 Å². The van der Waals surface area contributed by atoms with Crippen LogP contribution in [-0.4, -0.2) is 33.8 Å². The van der Waals surface area contributed by atoms with E-state index in [2.05, 4.69) is 10.6 Å². The minimum absolute atomic E-state index is 0.0252. The summed E-state index contributed by atoms with van der Waals surface area (Å²) in [5, 5.41) is 6.81. The van der Waals surface area contributed by atoms with Crippen LogP contribution in [0.4, 0.5) is 5.69 Å². The van der Waals surface area contributed by atoms with Crippen LogP contribution >= 0.6 is 11.6 Å². The molecule has 146 valence electrons. The van der Waals surface area contributed by atoms with Crippen molar-refractivity contribution in [2.24, 2.45) is 0 Å². The molecular weight excluding hydrogens is 368 g/mol. The Balaban J connectivity index is 1.77. The number of ether oxygens (including phenoxy) is 3. The molecule has 0 heterocycles. The highest BCUT2D eigenvalue weighted by atomic mass is 35.5. The summed E-state index contributed by atoms with van der Waals surface area (Å²) in [5.41, 5.74) is 1.70. The summed E-state index contributed by atoms with van der Waals surface area (Å²) in [6.45, 7) is 1.30. The SMILES string of the molecule is COc1cc(OC)c(OC)cc1CNCCCC(=O)Nc1ccc(Cl)cc1. The van der Waals surface area contributed by atoms with E-state index in [0.29, 0.717) is 36.0 Å². The van der Waals surface area contributed by atoms with Crippen LogP contribution in [-0.2, 0) is 11.3 Å². The number of hydrogen-bond donors (Lipinski definition) is 2. The van der Waals surface area contributed by atoms with Crippen LogP contribution in [0.1, 0.15) is 18.4 Å². The van der Waals surface area contributed by atoms with Gasteiger partial charge in [-0.2, -0.15) is 0 Å². The molecule has 0 fully saturated rings. The molecule has 0 aliphatic carbocycles. The molecule has 0 atom stereocenters. The second-order valence-corrected chi connectivity index (χ2v) is 6.29. The van der Waals surface area contributed by atoms with Crippen molar-refractivity contribution in [3.8, 4) is 17.2 Å². The first-order chi connectivity index (χ1) is 13.1. The summed E-state index contributed by atoms with van der Waals surface area (Å²) in [7, 11) is 4.80. The van der Waals surface area contributed by atoms with E-state index in [1.54, 1.807) is 51.7 Å². The maximum atomic E-state index is 12.0. The van der Waals surface area contributed by atoms with Crippen molar-refractivity contribution >= 4 is 23.2 Å². The fraction of sp³-hybridized carbons (Fsp3) is 0.350. The second kappa shape index (κ2) is 10.6. The summed E-state index contributed by atoms with van der Waals surface area (Å²) in [6, 6.07) is 10.7. The molecule has 2 rings (SSSR count). The molecule has 0 saturated heterocycles. The van der Waals surface area contributed by atoms with Gasteiger partial charge in [0.25, 0.3) is 0 Å². The molecular formula is C20H25ClN2O4. The van der Waals surface area contributed by atoms with Crippen LogP contribution in [0.15, 0.2) is 36.4 Å². The number of hydrogen-bond acceptors (Lipinski definition) is 5. The first kappa shape index (κ1) is 20.9. The Labute approximate surface area is 164 Å². The number of rotatable bonds is 10. The highest BCUT2D eigenvalue weighted by molar-refractivity contribution is 6.30. The minimum atomic E-state index is -0.0252. The fourth-order valence-electron chi connectivity index (χ4n) is 2.58. The molecule has 0 radical (unpaired) electrons. The molecule has 7 heteroatoms. The largest absolute Gasteiger partial charge is 0.496 e. The average molecular weight is 393 g/mol. The van der Waals surface area contributed by atoms with Crippen LogP contribution in [0.5, 0.6) is 17.2 Å². The van der Waals surface area contributed by atoms with Crippen molar-refractivity contribution in [3.05, 3.63) is 47.0 Å². The quantitative estimate of drug-likeness (QED) is 0.600. The molecule has 2 aromatic carbocycles. The lowest BCUT2D eigenvalue weighted by Crippen LogP contribution is -2.18. The molecule has 0 bridgehead atoms. The predicted molar refractivity (Wildman–Crippen MR) is 107 cm³/mol. The Hall–Kier alpha value is -2.44. The van der Waals surface area contributed by atoms with Gasteiger partial charge in [-0.15, -0.1) is 0 Å². The third-order valence-electron chi connectivity index (χ3n) is 3.99. The minimum Gasteiger partial charge on any atom is -0.496 e. The summed E-state index contributed by atoms with van der Waals surface area (Å²) in [6.07, 6.45) is 1.15. The van der Waals surface area contributed by atoms with Gasteiger partial charge in [-0.3, -0.25) is 4.79 Å². The van der Waals surface area contributed by atoms with Crippen molar-refractivity contribution in [2.75, 3.05) is 33.2 Å². The lowest BCUT2D eigenvalue weighted by molar-refractivity contribution is -0.116. The molecule has 2 aromatic rings. The number of carbonyl (C=O) groups excluding carboxylic acids is 1. The Morgan fingerprint density at radius 2 is 1.59 bits per heavy atom. The summed E-state index contributed by atoms with van der Waals surface area (Å²) < 4.78 is 16.0. The number of amides is 1. The molecule has 0 aromatic heterocycles. The van der Waals surface area contributed by atoms with Gasteiger partial charge in [-0.05, 0) is 43.3 Å². The summed E-state index contributed by atoms with van der Waals surface area (Å²) in [4.78, 5) is 12.0. The molecule has 6 nitrogen and oxygen atoms in total. The molecule has 0 spiro atoms. The monoisotopic (exact) mass is 392 g/mol. The number of anilines is 1. The Morgan fingerprint density at radius 3 is 2.22 bits per heavy atom. The zero-order chi connectivity index (χ0) is 19.6. The van der Waals surface area contributed by atoms with Crippen molar-refractivity contribution < 1.29 is 19.0 Å². The zero-order valence-electron chi connectivity index (χ0n) is 15.8. The van der Waals surface area contributed by atoms with E-state index in [9.17, 15) is 4.79 Å². The maximum absolute atomic E-state index is 12.0. The van der Waals surface area contributed by atoms with E-state index in [1.165, 1.54) is 0 Å². The van der Waals surface area contributed by atoms with Gasteiger partial charge in [0.15, 0.2) is 11.5 Å².